The van der Waals surface area contributed by atoms with Gasteiger partial charge in [-0.25, -0.2) is 4.79 Å². The molecule has 0 bridgehead atoms. The smallest absolute Gasteiger partial charge is 0.319 e. The van der Waals surface area contributed by atoms with Crippen molar-refractivity contribution >= 4 is 29.0 Å². The second-order valence-electron chi connectivity index (χ2n) is 5.37. The Labute approximate surface area is 130 Å². The van der Waals surface area contributed by atoms with E-state index in [1.165, 1.54) is 12.8 Å². The zero-order chi connectivity index (χ0) is 15.2. The lowest BCUT2D eigenvalue weighted by atomic mass is 10.2. The predicted octanol–water partition coefficient (Wildman–Crippen LogP) is 2.83. The van der Waals surface area contributed by atoms with Gasteiger partial charge in [0.2, 0.25) is 0 Å². The van der Waals surface area contributed by atoms with Crippen LogP contribution < -0.4 is 15.5 Å². The summed E-state index contributed by atoms with van der Waals surface area (Å²) >= 11 is 6.30. The molecule has 2 amide bonds. The number of carbonyl (C=O) groups is 1. The fourth-order valence-corrected chi connectivity index (χ4v) is 2.76. The van der Waals surface area contributed by atoms with Crippen LogP contribution in [0.25, 0.3) is 0 Å². The molecule has 1 fully saturated rings. The molecule has 1 aromatic rings. The van der Waals surface area contributed by atoms with Crippen LogP contribution in [0.2, 0.25) is 5.02 Å². The summed E-state index contributed by atoms with van der Waals surface area (Å²) in [5, 5.41) is 15.0. The number of halogens is 1. The van der Waals surface area contributed by atoms with E-state index in [-0.39, 0.29) is 18.7 Å². The van der Waals surface area contributed by atoms with Crippen LogP contribution in [0.15, 0.2) is 18.2 Å². The Balaban J connectivity index is 1.95. The van der Waals surface area contributed by atoms with E-state index in [2.05, 4.69) is 15.5 Å². The molecule has 0 saturated carbocycles. The topological polar surface area (TPSA) is 64.6 Å². The van der Waals surface area contributed by atoms with Crippen molar-refractivity contribution in [2.75, 3.05) is 29.9 Å². The summed E-state index contributed by atoms with van der Waals surface area (Å²) in [4.78, 5) is 14.1. The van der Waals surface area contributed by atoms with Gasteiger partial charge in [-0.1, -0.05) is 11.6 Å². The lowest BCUT2D eigenvalue weighted by Crippen LogP contribution is -2.36. The molecular formula is C15H22ClN3O2. The van der Waals surface area contributed by atoms with Gasteiger partial charge < -0.3 is 20.6 Å². The highest BCUT2D eigenvalue weighted by Crippen LogP contribution is 2.31. The first-order chi connectivity index (χ1) is 10.1. The van der Waals surface area contributed by atoms with Gasteiger partial charge in [-0.2, -0.15) is 0 Å². The SMILES string of the molecule is C[C@H](CCO)NC(=O)Nc1ccc(N2CCCC2)c(Cl)c1. The molecule has 1 saturated heterocycles. The quantitative estimate of drug-likeness (QED) is 0.783. The third-order valence-electron chi connectivity index (χ3n) is 3.59. The standard InChI is InChI=1S/C15H22ClN3O2/c1-11(6-9-20)17-15(21)18-12-4-5-14(13(16)10-12)19-7-2-3-8-19/h4-5,10-11,20H,2-3,6-9H2,1H3,(H2,17,18,21)/t11-/m1/s1. The number of amides is 2. The van der Waals surface area contributed by atoms with Crippen LogP contribution in [-0.2, 0) is 0 Å². The molecule has 1 aliphatic rings. The second kappa shape index (κ2) is 7.52. The van der Waals surface area contributed by atoms with E-state index in [0.717, 1.165) is 18.8 Å². The lowest BCUT2D eigenvalue weighted by Gasteiger charge is -2.20. The van der Waals surface area contributed by atoms with Crippen molar-refractivity contribution in [2.45, 2.75) is 32.2 Å². The molecule has 21 heavy (non-hydrogen) atoms. The van der Waals surface area contributed by atoms with Crippen LogP contribution in [0.1, 0.15) is 26.2 Å². The Kier molecular flexibility index (Phi) is 5.70. The van der Waals surface area contributed by atoms with Gasteiger partial charge in [0, 0.05) is 31.4 Å². The molecule has 0 aliphatic carbocycles. The number of hydrogen-bond donors (Lipinski definition) is 3. The molecular weight excluding hydrogens is 290 g/mol. The molecule has 1 atom stereocenters. The number of aliphatic hydroxyl groups excluding tert-OH is 1. The largest absolute Gasteiger partial charge is 0.396 e. The summed E-state index contributed by atoms with van der Waals surface area (Å²) in [6, 6.07) is 5.21. The Bertz CT molecular complexity index is 490. The van der Waals surface area contributed by atoms with Crippen molar-refractivity contribution in [3.05, 3.63) is 23.2 Å². The zero-order valence-electron chi connectivity index (χ0n) is 12.2. The molecule has 2 rings (SSSR count). The van der Waals surface area contributed by atoms with Crippen molar-refractivity contribution in [1.29, 1.82) is 0 Å². The number of anilines is 2. The zero-order valence-corrected chi connectivity index (χ0v) is 13.0. The Hall–Kier alpha value is -1.46. The van der Waals surface area contributed by atoms with Gasteiger partial charge in [0.15, 0.2) is 0 Å². The van der Waals surface area contributed by atoms with E-state index >= 15 is 0 Å². The van der Waals surface area contributed by atoms with E-state index in [1.807, 2.05) is 19.1 Å². The molecule has 0 aromatic heterocycles. The molecule has 6 heteroatoms. The van der Waals surface area contributed by atoms with Gasteiger partial charge in [-0.3, -0.25) is 0 Å². The summed E-state index contributed by atoms with van der Waals surface area (Å²) in [5.41, 5.74) is 1.69. The van der Waals surface area contributed by atoms with Gasteiger partial charge in [0.05, 0.1) is 10.7 Å². The number of rotatable bonds is 5. The Morgan fingerprint density at radius 2 is 2.14 bits per heavy atom. The van der Waals surface area contributed by atoms with Crippen LogP contribution in [-0.4, -0.2) is 36.9 Å². The first-order valence-corrected chi connectivity index (χ1v) is 7.71. The molecule has 0 unspecified atom stereocenters. The number of benzene rings is 1. The fourth-order valence-electron chi connectivity index (χ4n) is 2.46. The summed E-state index contributed by atoms with van der Waals surface area (Å²) in [5.74, 6) is 0. The Morgan fingerprint density at radius 1 is 1.43 bits per heavy atom. The fraction of sp³-hybridized carbons (Fsp3) is 0.533. The van der Waals surface area contributed by atoms with E-state index in [9.17, 15) is 4.79 Å². The molecule has 0 spiro atoms. The van der Waals surface area contributed by atoms with Crippen LogP contribution in [0.4, 0.5) is 16.2 Å². The van der Waals surface area contributed by atoms with Gasteiger partial charge in [-0.05, 0) is 44.4 Å². The molecule has 1 aromatic carbocycles. The summed E-state index contributed by atoms with van der Waals surface area (Å²) in [6.45, 7) is 3.97. The molecule has 5 nitrogen and oxygen atoms in total. The first-order valence-electron chi connectivity index (χ1n) is 7.33. The number of aliphatic hydroxyl groups is 1. The van der Waals surface area contributed by atoms with Gasteiger partial charge in [-0.15, -0.1) is 0 Å². The number of nitrogens with one attached hydrogen (secondary N) is 2. The molecule has 1 heterocycles. The maximum Gasteiger partial charge on any atom is 0.319 e. The van der Waals surface area contributed by atoms with Gasteiger partial charge >= 0.3 is 6.03 Å². The van der Waals surface area contributed by atoms with Crippen LogP contribution in [0.5, 0.6) is 0 Å². The number of nitrogens with zero attached hydrogens (tertiary/aromatic N) is 1. The summed E-state index contributed by atoms with van der Waals surface area (Å²) in [6.07, 6.45) is 2.92. The average Bonchev–Trinajstić information content (AvgIpc) is 2.92. The second-order valence-corrected chi connectivity index (χ2v) is 5.78. The average molecular weight is 312 g/mol. The number of hydrogen-bond acceptors (Lipinski definition) is 3. The van der Waals surface area contributed by atoms with E-state index in [1.54, 1.807) is 6.07 Å². The van der Waals surface area contributed by atoms with Crippen LogP contribution >= 0.6 is 11.6 Å². The molecule has 1 aliphatic heterocycles. The van der Waals surface area contributed by atoms with Crippen molar-refractivity contribution < 1.29 is 9.90 Å². The minimum absolute atomic E-state index is 0.0534. The van der Waals surface area contributed by atoms with Crippen LogP contribution in [0.3, 0.4) is 0 Å². The maximum absolute atomic E-state index is 11.8. The molecule has 3 N–H and O–H groups in total. The van der Waals surface area contributed by atoms with Crippen LogP contribution in [0, 0.1) is 0 Å². The van der Waals surface area contributed by atoms with Gasteiger partial charge in [0.1, 0.15) is 0 Å². The first kappa shape index (κ1) is 15.9. The maximum atomic E-state index is 11.8. The predicted molar refractivity (Wildman–Crippen MR) is 86.2 cm³/mol. The van der Waals surface area contributed by atoms with E-state index in [0.29, 0.717) is 17.1 Å². The number of carbonyl (C=O) groups excluding carboxylic acids is 1. The van der Waals surface area contributed by atoms with E-state index < -0.39 is 0 Å². The van der Waals surface area contributed by atoms with Crippen molar-refractivity contribution in [1.82, 2.24) is 5.32 Å². The third kappa shape index (κ3) is 4.51. The normalized spacial score (nSPS) is 15.9. The lowest BCUT2D eigenvalue weighted by molar-refractivity contribution is 0.241. The summed E-state index contributed by atoms with van der Waals surface area (Å²) < 4.78 is 0. The minimum atomic E-state index is -0.291. The van der Waals surface area contributed by atoms with Crippen molar-refractivity contribution in [3.63, 3.8) is 0 Å². The molecule has 116 valence electrons. The summed E-state index contributed by atoms with van der Waals surface area (Å²) in [7, 11) is 0. The third-order valence-corrected chi connectivity index (χ3v) is 3.89. The van der Waals surface area contributed by atoms with Crippen molar-refractivity contribution in [2.24, 2.45) is 0 Å². The highest BCUT2D eigenvalue weighted by atomic mass is 35.5. The number of urea groups is 1. The van der Waals surface area contributed by atoms with E-state index in [4.69, 9.17) is 16.7 Å². The monoisotopic (exact) mass is 311 g/mol. The highest BCUT2D eigenvalue weighted by molar-refractivity contribution is 6.33. The Morgan fingerprint density at radius 3 is 2.76 bits per heavy atom. The minimum Gasteiger partial charge on any atom is -0.396 e. The van der Waals surface area contributed by atoms with Crippen molar-refractivity contribution in [3.8, 4) is 0 Å². The highest BCUT2D eigenvalue weighted by Gasteiger charge is 2.15. The van der Waals surface area contributed by atoms with Gasteiger partial charge in [0.25, 0.3) is 0 Å². The molecule has 0 radical (unpaired) electrons.